The van der Waals surface area contributed by atoms with Crippen LogP contribution >= 0.6 is 0 Å². The molecule has 0 fully saturated rings. The van der Waals surface area contributed by atoms with Crippen molar-refractivity contribution in [2.75, 3.05) is 0 Å². The Morgan fingerprint density at radius 3 is 2.70 bits per heavy atom. The van der Waals surface area contributed by atoms with E-state index in [9.17, 15) is 15.3 Å². The summed E-state index contributed by atoms with van der Waals surface area (Å²) < 4.78 is 0. The summed E-state index contributed by atoms with van der Waals surface area (Å²) in [6.45, 7) is 7.94. The molecule has 0 bridgehead atoms. The predicted octanol–water partition coefficient (Wildman–Crippen LogP) is 4.56. The molecule has 2 rings (SSSR count). The second kappa shape index (κ2) is 7.69. The summed E-state index contributed by atoms with van der Waals surface area (Å²) in [5.74, 6) is 0.270. The van der Waals surface area contributed by atoms with Crippen molar-refractivity contribution in [3.63, 3.8) is 0 Å². The molecular formula is C20H28O3. The second-order valence-electron chi connectivity index (χ2n) is 6.54. The number of hydrogen-bond acceptors (Lipinski definition) is 3. The first-order valence-electron chi connectivity index (χ1n) is 8.50. The first-order chi connectivity index (χ1) is 11.0. The molecule has 2 unspecified atom stereocenters. The summed E-state index contributed by atoms with van der Waals surface area (Å²) in [6, 6.07) is 1.72. The van der Waals surface area contributed by atoms with Crippen LogP contribution in [0, 0.1) is 5.92 Å². The van der Waals surface area contributed by atoms with Crippen molar-refractivity contribution in [1.82, 2.24) is 0 Å². The number of hydrogen-bond donors (Lipinski definition) is 3. The van der Waals surface area contributed by atoms with Gasteiger partial charge in [-0.05, 0) is 50.2 Å². The lowest BCUT2D eigenvalue weighted by molar-refractivity contribution is 0.272. The number of aliphatic hydroxyl groups excluding tert-OH is 1. The monoisotopic (exact) mass is 316 g/mol. The van der Waals surface area contributed by atoms with Crippen LogP contribution in [-0.2, 0) is 13.0 Å². The van der Waals surface area contributed by atoms with Crippen LogP contribution in [0.1, 0.15) is 62.1 Å². The summed E-state index contributed by atoms with van der Waals surface area (Å²) in [5, 5.41) is 31.0. The van der Waals surface area contributed by atoms with Crippen molar-refractivity contribution in [2.45, 2.75) is 58.5 Å². The van der Waals surface area contributed by atoms with E-state index in [1.54, 1.807) is 6.07 Å². The molecule has 0 spiro atoms. The minimum absolute atomic E-state index is 0.0430. The molecule has 0 saturated carbocycles. The van der Waals surface area contributed by atoms with Crippen LogP contribution in [0.4, 0.5) is 0 Å². The van der Waals surface area contributed by atoms with Crippen LogP contribution in [0.5, 0.6) is 11.5 Å². The van der Waals surface area contributed by atoms with Gasteiger partial charge in [0.15, 0.2) is 0 Å². The topological polar surface area (TPSA) is 60.7 Å². The Morgan fingerprint density at radius 1 is 1.35 bits per heavy atom. The number of unbranched alkanes of at least 4 members (excludes halogenated alkanes) is 1. The number of phenols is 2. The molecule has 1 aromatic rings. The first kappa shape index (κ1) is 17.6. The van der Waals surface area contributed by atoms with Crippen LogP contribution in [0.2, 0.25) is 0 Å². The highest BCUT2D eigenvalue weighted by Crippen LogP contribution is 2.46. The van der Waals surface area contributed by atoms with E-state index in [4.69, 9.17) is 0 Å². The number of phenolic OH excluding ortho intramolecular Hbond substituents is 1. The lowest BCUT2D eigenvalue weighted by Crippen LogP contribution is -2.16. The van der Waals surface area contributed by atoms with E-state index in [2.05, 4.69) is 19.6 Å². The zero-order valence-electron chi connectivity index (χ0n) is 14.2. The standard InChI is InChI=1S/C20H28O3/c1-4-5-8-14-11-18(22)19(20(23)17(14)12-21)16-10-7-6-9-15(16)13(2)3/h7,10-11,15-16,21-23H,2,4-6,8-9,12H2,1,3H3. The number of aromatic hydroxyl groups is 2. The van der Waals surface area contributed by atoms with Gasteiger partial charge in [-0.2, -0.15) is 0 Å². The maximum absolute atomic E-state index is 10.7. The molecule has 1 aliphatic rings. The zero-order chi connectivity index (χ0) is 17.0. The Kier molecular flexibility index (Phi) is 5.89. The largest absolute Gasteiger partial charge is 0.507 e. The molecule has 1 aromatic carbocycles. The second-order valence-corrected chi connectivity index (χ2v) is 6.54. The molecule has 3 heteroatoms. The van der Waals surface area contributed by atoms with Crippen LogP contribution in [0.15, 0.2) is 30.4 Å². The number of allylic oxidation sites excluding steroid dienone is 3. The molecule has 0 amide bonds. The Balaban J connectivity index is 2.51. The lowest BCUT2D eigenvalue weighted by atomic mass is 9.75. The van der Waals surface area contributed by atoms with E-state index >= 15 is 0 Å². The van der Waals surface area contributed by atoms with E-state index in [-0.39, 0.29) is 29.9 Å². The molecule has 126 valence electrons. The first-order valence-corrected chi connectivity index (χ1v) is 8.50. The third-order valence-corrected chi connectivity index (χ3v) is 4.86. The minimum atomic E-state index is -0.216. The van der Waals surface area contributed by atoms with Crippen molar-refractivity contribution >= 4 is 0 Å². The average molecular weight is 316 g/mol. The fourth-order valence-corrected chi connectivity index (χ4v) is 3.54. The van der Waals surface area contributed by atoms with Crippen LogP contribution in [0.3, 0.4) is 0 Å². The predicted molar refractivity (Wildman–Crippen MR) is 93.7 cm³/mol. The summed E-state index contributed by atoms with van der Waals surface area (Å²) in [6.07, 6.45) is 8.81. The molecule has 2 atom stereocenters. The van der Waals surface area contributed by atoms with Crippen molar-refractivity contribution in [2.24, 2.45) is 5.92 Å². The van der Waals surface area contributed by atoms with Gasteiger partial charge in [-0.1, -0.05) is 37.6 Å². The van der Waals surface area contributed by atoms with E-state index in [0.29, 0.717) is 11.1 Å². The number of aryl methyl sites for hydroxylation is 1. The fraction of sp³-hybridized carbons (Fsp3) is 0.500. The van der Waals surface area contributed by atoms with E-state index < -0.39 is 0 Å². The molecule has 0 radical (unpaired) electrons. The molecule has 3 N–H and O–H groups in total. The van der Waals surface area contributed by atoms with Gasteiger partial charge in [0, 0.05) is 17.0 Å². The molecule has 0 saturated heterocycles. The third-order valence-electron chi connectivity index (χ3n) is 4.86. The van der Waals surface area contributed by atoms with Crippen molar-refractivity contribution in [3.8, 4) is 11.5 Å². The normalized spacial score (nSPS) is 20.7. The van der Waals surface area contributed by atoms with Gasteiger partial charge in [0.1, 0.15) is 11.5 Å². The highest BCUT2D eigenvalue weighted by atomic mass is 16.3. The van der Waals surface area contributed by atoms with Crippen LogP contribution in [0.25, 0.3) is 0 Å². The molecule has 23 heavy (non-hydrogen) atoms. The maximum atomic E-state index is 10.7. The Bertz CT molecular complexity index is 601. The number of benzene rings is 1. The van der Waals surface area contributed by atoms with Gasteiger partial charge in [-0.25, -0.2) is 0 Å². The van der Waals surface area contributed by atoms with Gasteiger partial charge in [0.2, 0.25) is 0 Å². The van der Waals surface area contributed by atoms with Gasteiger partial charge in [-0.15, -0.1) is 0 Å². The number of aliphatic hydroxyl groups is 1. The summed E-state index contributed by atoms with van der Waals surface area (Å²) in [5.41, 5.74) is 2.96. The van der Waals surface area contributed by atoms with Crippen molar-refractivity contribution in [1.29, 1.82) is 0 Å². The highest BCUT2D eigenvalue weighted by Gasteiger charge is 2.30. The van der Waals surface area contributed by atoms with E-state index in [1.165, 1.54) is 0 Å². The van der Waals surface area contributed by atoms with Gasteiger partial charge in [0.25, 0.3) is 0 Å². The molecule has 0 aliphatic heterocycles. The smallest absolute Gasteiger partial charge is 0.128 e. The molecule has 0 aromatic heterocycles. The third kappa shape index (κ3) is 3.61. The SMILES string of the molecule is C=C(C)C1CCC=CC1c1c(O)cc(CCCC)c(CO)c1O. The zero-order valence-corrected chi connectivity index (χ0v) is 14.2. The van der Waals surface area contributed by atoms with Crippen molar-refractivity contribution < 1.29 is 15.3 Å². The quantitative estimate of drug-likeness (QED) is 0.674. The van der Waals surface area contributed by atoms with Crippen LogP contribution in [-0.4, -0.2) is 15.3 Å². The fourth-order valence-electron chi connectivity index (χ4n) is 3.54. The molecular weight excluding hydrogens is 288 g/mol. The number of rotatable bonds is 6. The average Bonchev–Trinajstić information content (AvgIpc) is 2.53. The Hall–Kier alpha value is -1.74. The molecule has 0 heterocycles. The molecule has 3 nitrogen and oxygen atoms in total. The van der Waals surface area contributed by atoms with Crippen molar-refractivity contribution in [3.05, 3.63) is 47.1 Å². The summed E-state index contributed by atoms with van der Waals surface area (Å²) in [4.78, 5) is 0. The Labute approximate surface area is 139 Å². The van der Waals surface area contributed by atoms with Gasteiger partial charge in [0.05, 0.1) is 6.61 Å². The van der Waals surface area contributed by atoms with E-state index in [1.807, 2.05) is 13.0 Å². The van der Waals surface area contributed by atoms with Crippen LogP contribution < -0.4 is 0 Å². The summed E-state index contributed by atoms with van der Waals surface area (Å²) >= 11 is 0. The van der Waals surface area contributed by atoms with Gasteiger partial charge < -0.3 is 15.3 Å². The Morgan fingerprint density at radius 2 is 2.09 bits per heavy atom. The van der Waals surface area contributed by atoms with Gasteiger partial charge in [-0.3, -0.25) is 0 Å². The van der Waals surface area contributed by atoms with E-state index in [0.717, 1.165) is 43.2 Å². The summed E-state index contributed by atoms with van der Waals surface area (Å²) in [7, 11) is 0. The highest BCUT2D eigenvalue weighted by molar-refractivity contribution is 5.56. The minimum Gasteiger partial charge on any atom is -0.507 e. The maximum Gasteiger partial charge on any atom is 0.128 e. The molecule has 1 aliphatic carbocycles. The van der Waals surface area contributed by atoms with Gasteiger partial charge >= 0.3 is 0 Å². The lowest BCUT2D eigenvalue weighted by Gasteiger charge is -2.30.